The van der Waals surface area contributed by atoms with E-state index in [1.807, 2.05) is 56.3 Å². The Balaban J connectivity index is 1.91. The van der Waals surface area contributed by atoms with Crippen LogP contribution in [0.1, 0.15) is 20.3 Å². The SMILES string of the molecule is CCCS(=O)(=O)NCC(C)Oc1ccc(-c2ccccc2)cc1. The van der Waals surface area contributed by atoms with Gasteiger partial charge in [-0.15, -0.1) is 0 Å². The van der Waals surface area contributed by atoms with E-state index >= 15 is 0 Å². The van der Waals surface area contributed by atoms with E-state index in [1.54, 1.807) is 0 Å². The molecule has 0 bridgehead atoms. The molecule has 2 aromatic carbocycles. The van der Waals surface area contributed by atoms with Gasteiger partial charge in [-0.1, -0.05) is 49.4 Å². The summed E-state index contributed by atoms with van der Waals surface area (Å²) in [6.45, 7) is 3.95. The zero-order valence-corrected chi connectivity index (χ0v) is 14.3. The van der Waals surface area contributed by atoms with Crippen LogP contribution in [0.3, 0.4) is 0 Å². The Morgan fingerprint density at radius 2 is 1.61 bits per heavy atom. The second kappa shape index (κ2) is 8.13. The van der Waals surface area contributed by atoms with Crippen molar-refractivity contribution in [1.29, 1.82) is 0 Å². The molecule has 0 aliphatic carbocycles. The molecule has 0 aromatic heterocycles. The Morgan fingerprint density at radius 3 is 2.22 bits per heavy atom. The van der Waals surface area contributed by atoms with E-state index in [2.05, 4.69) is 16.9 Å². The Morgan fingerprint density at radius 1 is 1.00 bits per heavy atom. The molecule has 0 saturated carbocycles. The summed E-state index contributed by atoms with van der Waals surface area (Å²) >= 11 is 0. The number of sulfonamides is 1. The third-order valence-electron chi connectivity index (χ3n) is 3.36. The first kappa shape index (κ1) is 17.5. The molecule has 23 heavy (non-hydrogen) atoms. The van der Waals surface area contributed by atoms with Gasteiger partial charge in [-0.2, -0.15) is 0 Å². The molecule has 0 spiro atoms. The van der Waals surface area contributed by atoms with Crippen molar-refractivity contribution >= 4 is 10.0 Å². The smallest absolute Gasteiger partial charge is 0.211 e. The van der Waals surface area contributed by atoms with Crippen molar-refractivity contribution in [2.24, 2.45) is 0 Å². The lowest BCUT2D eigenvalue weighted by Gasteiger charge is -2.16. The van der Waals surface area contributed by atoms with Crippen LogP contribution in [0.15, 0.2) is 54.6 Å². The topological polar surface area (TPSA) is 55.4 Å². The van der Waals surface area contributed by atoms with Gasteiger partial charge in [-0.3, -0.25) is 0 Å². The Hall–Kier alpha value is -1.85. The Labute approximate surface area is 138 Å². The molecule has 2 rings (SSSR count). The van der Waals surface area contributed by atoms with Crippen molar-refractivity contribution in [3.63, 3.8) is 0 Å². The highest BCUT2D eigenvalue weighted by atomic mass is 32.2. The molecule has 0 heterocycles. The lowest BCUT2D eigenvalue weighted by molar-refractivity contribution is 0.225. The molecule has 0 saturated heterocycles. The normalized spacial score (nSPS) is 12.8. The maximum absolute atomic E-state index is 11.6. The summed E-state index contributed by atoms with van der Waals surface area (Å²) in [5.41, 5.74) is 2.27. The molecule has 4 nitrogen and oxygen atoms in total. The van der Waals surface area contributed by atoms with Gasteiger partial charge < -0.3 is 4.74 Å². The molecular weight excluding hydrogens is 310 g/mol. The maximum Gasteiger partial charge on any atom is 0.211 e. The Kier molecular flexibility index (Phi) is 6.19. The fraction of sp³-hybridized carbons (Fsp3) is 0.333. The summed E-state index contributed by atoms with van der Waals surface area (Å²) in [6.07, 6.45) is 0.370. The molecule has 5 heteroatoms. The first-order valence-electron chi connectivity index (χ1n) is 7.79. The number of nitrogens with one attached hydrogen (secondary N) is 1. The minimum atomic E-state index is -3.19. The van der Waals surface area contributed by atoms with E-state index in [0.29, 0.717) is 6.42 Å². The van der Waals surface area contributed by atoms with Gasteiger partial charge in [0, 0.05) is 6.54 Å². The lowest BCUT2D eigenvalue weighted by Crippen LogP contribution is -2.34. The fourth-order valence-corrected chi connectivity index (χ4v) is 3.39. The van der Waals surface area contributed by atoms with Crippen LogP contribution in [0, 0.1) is 0 Å². The summed E-state index contributed by atoms with van der Waals surface area (Å²) in [6, 6.07) is 17.9. The predicted molar refractivity (Wildman–Crippen MR) is 94.0 cm³/mol. The highest BCUT2D eigenvalue weighted by Crippen LogP contribution is 2.22. The zero-order valence-electron chi connectivity index (χ0n) is 13.5. The number of hydrogen-bond acceptors (Lipinski definition) is 3. The average Bonchev–Trinajstić information content (AvgIpc) is 2.55. The third-order valence-corrected chi connectivity index (χ3v) is 4.91. The minimum Gasteiger partial charge on any atom is -0.489 e. The quantitative estimate of drug-likeness (QED) is 0.805. The highest BCUT2D eigenvalue weighted by Gasteiger charge is 2.11. The zero-order chi connectivity index (χ0) is 16.7. The van der Waals surface area contributed by atoms with Gasteiger partial charge >= 0.3 is 0 Å². The van der Waals surface area contributed by atoms with Gasteiger partial charge in [-0.25, -0.2) is 13.1 Å². The molecular formula is C18H23NO3S. The van der Waals surface area contributed by atoms with Crippen LogP contribution in [0.25, 0.3) is 11.1 Å². The number of benzene rings is 2. The van der Waals surface area contributed by atoms with Crippen molar-refractivity contribution in [3.8, 4) is 16.9 Å². The van der Waals surface area contributed by atoms with Crippen LogP contribution in [-0.2, 0) is 10.0 Å². The lowest BCUT2D eigenvalue weighted by atomic mass is 10.1. The van der Waals surface area contributed by atoms with Gasteiger partial charge in [0.05, 0.1) is 5.75 Å². The van der Waals surface area contributed by atoms with Crippen LogP contribution in [0.5, 0.6) is 5.75 Å². The summed E-state index contributed by atoms with van der Waals surface area (Å²) < 4.78 is 31.6. The largest absolute Gasteiger partial charge is 0.489 e. The molecule has 0 aliphatic rings. The van der Waals surface area contributed by atoms with E-state index in [0.717, 1.165) is 16.9 Å². The fourth-order valence-electron chi connectivity index (χ4n) is 2.22. The molecule has 2 aromatic rings. The average molecular weight is 333 g/mol. The second-order valence-electron chi connectivity index (χ2n) is 5.49. The Bertz CT molecular complexity index is 697. The van der Waals surface area contributed by atoms with E-state index in [9.17, 15) is 8.42 Å². The van der Waals surface area contributed by atoms with Gasteiger partial charge in [0.2, 0.25) is 10.0 Å². The minimum absolute atomic E-state index is 0.144. The van der Waals surface area contributed by atoms with Gasteiger partial charge in [0.25, 0.3) is 0 Å². The molecule has 0 aliphatic heterocycles. The summed E-state index contributed by atoms with van der Waals surface area (Å²) in [7, 11) is -3.19. The van der Waals surface area contributed by atoms with Crippen LogP contribution >= 0.6 is 0 Å². The number of rotatable bonds is 8. The number of ether oxygens (including phenoxy) is 1. The molecule has 1 N–H and O–H groups in total. The standard InChI is InChI=1S/C18H23NO3S/c1-3-13-23(20,21)19-14-15(2)22-18-11-9-17(10-12-18)16-7-5-4-6-8-16/h4-12,15,19H,3,13-14H2,1-2H3. The van der Waals surface area contributed by atoms with E-state index in [-0.39, 0.29) is 18.4 Å². The van der Waals surface area contributed by atoms with Crippen molar-refractivity contribution < 1.29 is 13.2 Å². The van der Waals surface area contributed by atoms with Crippen LogP contribution in [0.2, 0.25) is 0 Å². The van der Waals surface area contributed by atoms with Crippen molar-refractivity contribution in [2.45, 2.75) is 26.4 Å². The predicted octanol–water partition coefficient (Wildman–Crippen LogP) is 3.45. The van der Waals surface area contributed by atoms with E-state index < -0.39 is 10.0 Å². The molecule has 1 unspecified atom stereocenters. The van der Waals surface area contributed by atoms with Crippen LogP contribution in [-0.4, -0.2) is 26.8 Å². The molecule has 124 valence electrons. The summed E-state index contributed by atoms with van der Waals surface area (Å²) in [4.78, 5) is 0. The van der Waals surface area contributed by atoms with Gasteiger partial charge in [-0.05, 0) is 36.6 Å². The third kappa shape index (κ3) is 5.69. The van der Waals surface area contributed by atoms with E-state index in [4.69, 9.17) is 4.74 Å². The number of hydrogen-bond donors (Lipinski definition) is 1. The van der Waals surface area contributed by atoms with Crippen LogP contribution < -0.4 is 9.46 Å². The molecule has 0 radical (unpaired) electrons. The molecule has 0 fully saturated rings. The second-order valence-corrected chi connectivity index (χ2v) is 7.41. The van der Waals surface area contributed by atoms with Gasteiger partial charge in [0.15, 0.2) is 0 Å². The monoisotopic (exact) mass is 333 g/mol. The first-order chi connectivity index (χ1) is 11.0. The summed E-state index contributed by atoms with van der Waals surface area (Å²) in [5.74, 6) is 0.873. The van der Waals surface area contributed by atoms with Gasteiger partial charge in [0.1, 0.15) is 11.9 Å². The van der Waals surface area contributed by atoms with E-state index in [1.165, 1.54) is 0 Å². The molecule has 0 amide bonds. The van der Waals surface area contributed by atoms with Crippen molar-refractivity contribution in [1.82, 2.24) is 4.72 Å². The molecule has 1 atom stereocenters. The van der Waals surface area contributed by atoms with Crippen molar-refractivity contribution in [3.05, 3.63) is 54.6 Å². The maximum atomic E-state index is 11.6. The summed E-state index contributed by atoms with van der Waals surface area (Å²) in [5, 5.41) is 0. The highest BCUT2D eigenvalue weighted by molar-refractivity contribution is 7.89. The van der Waals surface area contributed by atoms with Crippen molar-refractivity contribution in [2.75, 3.05) is 12.3 Å². The first-order valence-corrected chi connectivity index (χ1v) is 9.45. The van der Waals surface area contributed by atoms with Crippen LogP contribution in [0.4, 0.5) is 0 Å².